The molecular formula is C35H42N4O6S. The monoisotopic (exact) mass is 646 g/mol. The summed E-state index contributed by atoms with van der Waals surface area (Å²) in [7, 11) is -4.17. The second-order valence-corrected chi connectivity index (χ2v) is 13.9. The normalized spacial score (nSPS) is 13.8. The molecule has 0 aliphatic rings. The number of nitrogens with one attached hydrogen (secondary N) is 1. The molecule has 0 spiro atoms. The fourth-order valence-electron chi connectivity index (χ4n) is 5.88. The Morgan fingerprint density at radius 3 is 2.13 bits per heavy atom. The molecule has 0 aliphatic heterocycles. The maximum atomic E-state index is 13.7. The van der Waals surface area contributed by atoms with Crippen LogP contribution >= 0.6 is 0 Å². The Bertz CT molecular complexity index is 1860. The molecule has 0 bridgehead atoms. The second-order valence-electron chi connectivity index (χ2n) is 12.4. The largest absolute Gasteiger partial charge is 0.507 e. The number of aromatic hydroxyl groups is 1. The highest BCUT2D eigenvalue weighted by Crippen LogP contribution is 2.39. The Kier molecular flexibility index (Phi) is 11.2. The highest BCUT2D eigenvalue weighted by atomic mass is 32.2. The van der Waals surface area contributed by atoms with E-state index < -0.39 is 33.4 Å². The number of amides is 1. The van der Waals surface area contributed by atoms with Crippen molar-refractivity contribution in [2.24, 2.45) is 28.0 Å². The molecule has 0 fully saturated rings. The lowest BCUT2D eigenvalue weighted by atomic mass is 9.78. The van der Waals surface area contributed by atoms with Gasteiger partial charge in [-0.3, -0.25) is 4.79 Å². The van der Waals surface area contributed by atoms with Crippen molar-refractivity contribution in [1.29, 1.82) is 0 Å². The Morgan fingerprint density at radius 1 is 0.913 bits per heavy atom. The Morgan fingerprint density at radius 2 is 1.50 bits per heavy atom. The van der Waals surface area contributed by atoms with E-state index in [0.29, 0.717) is 29.5 Å². The first-order valence-corrected chi connectivity index (χ1v) is 16.8. The number of carbonyl (C=O) groups excluding carboxylic acids is 1. The molecule has 0 unspecified atom stereocenters. The van der Waals surface area contributed by atoms with Gasteiger partial charge >= 0.3 is 5.63 Å². The van der Waals surface area contributed by atoms with E-state index in [-0.39, 0.29) is 27.4 Å². The molecule has 1 aromatic heterocycles. The zero-order valence-corrected chi connectivity index (χ0v) is 27.6. The van der Waals surface area contributed by atoms with Crippen LogP contribution in [0.15, 0.2) is 98.1 Å². The number of fused-ring (bicyclic) bond motifs is 1. The third-order valence-electron chi connectivity index (χ3n) is 7.70. The van der Waals surface area contributed by atoms with Crippen molar-refractivity contribution in [3.8, 4) is 5.75 Å². The lowest BCUT2D eigenvalue weighted by Crippen LogP contribution is -2.41. The van der Waals surface area contributed by atoms with Gasteiger partial charge in [0, 0.05) is 37.2 Å². The van der Waals surface area contributed by atoms with Crippen LogP contribution in [-0.2, 0) is 10.0 Å². The van der Waals surface area contributed by atoms with E-state index in [9.17, 15) is 23.1 Å². The van der Waals surface area contributed by atoms with Crippen LogP contribution in [0.1, 0.15) is 62.0 Å². The predicted octanol–water partition coefficient (Wildman–Crippen LogP) is 5.31. The Labute approximate surface area is 270 Å². The van der Waals surface area contributed by atoms with Crippen molar-refractivity contribution >= 4 is 32.6 Å². The molecule has 0 saturated heterocycles. The first-order chi connectivity index (χ1) is 21.8. The van der Waals surface area contributed by atoms with Gasteiger partial charge in [-0.15, -0.1) is 0 Å². The van der Waals surface area contributed by atoms with Gasteiger partial charge in [0.15, 0.2) is 0 Å². The Balaban J connectivity index is 1.89. The van der Waals surface area contributed by atoms with Gasteiger partial charge in [0.25, 0.3) is 5.91 Å². The minimum atomic E-state index is -4.17. The molecule has 10 nitrogen and oxygen atoms in total. The van der Waals surface area contributed by atoms with Crippen molar-refractivity contribution in [2.45, 2.75) is 45.4 Å². The predicted molar refractivity (Wildman–Crippen MR) is 180 cm³/mol. The summed E-state index contributed by atoms with van der Waals surface area (Å²) >= 11 is 0. The van der Waals surface area contributed by atoms with E-state index in [4.69, 9.17) is 9.56 Å². The van der Waals surface area contributed by atoms with E-state index in [0.717, 1.165) is 18.7 Å². The van der Waals surface area contributed by atoms with Gasteiger partial charge in [0.1, 0.15) is 11.3 Å². The van der Waals surface area contributed by atoms with Gasteiger partial charge < -0.3 is 14.4 Å². The molecule has 4 rings (SSSR count). The average Bonchev–Trinajstić information content (AvgIpc) is 3.00. The van der Waals surface area contributed by atoms with Crippen molar-refractivity contribution < 1.29 is 22.7 Å². The topological polar surface area (TPSA) is 155 Å². The summed E-state index contributed by atoms with van der Waals surface area (Å²) in [6, 6.07) is 21.8. The molecule has 46 heavy (non-hydrogen) atoms. The quantitative estimate of drug-likeness (QED) is 0.101. The second kappa shape index (κ2) is 14.8. The van der Waals surface area contributed by atoms with E-state index in [1.54, 1.807) is 31.2 Å². The number of rotatable bonds is 13. The lowest BCUT2D eigenvalue weighted by Gasteiger charge is -2.34. The number of hydrogen-bond donors (Lipinski definition) is 3. The summed E-state index contributed by atoms with van der Waals surface area (Å²) in [4.78, 5) is 28.9. The first kappa shape index (κ1) is 34.6. The van der Waals surface area contributed by atoms with Crippen LogP contribution in [0.3, 0.4) is 0 Å². The zero-order valence-electron chi connectivity index (χ0n) is 26.8. The van der Waals surface area contributed by atoms with Gasteiger partial charge in [-0.05, 0) is 48.6 Å². The van der Waals surface area contributed by atoms with Gasteiger partial charge in [0.2, 0.25) is 10.0 Å². The first-order valence-electron chi connectivity index (χ1n) is 15.3. The minimum Gasteiger partial charge on any atom is -0.507 e. The molecule has 4 aromatic rings. The average molecular weight is 647 g/mol. The highest BCUT2D eigenvalue weighted by Gasteiger charge is 2.35. The molecule has 11 heteroatoms. The molecule has 3 aromatic carbocycles. The maximum absolute atomic E-state index is 13.7. The zero-order chi connectivity index (χ0) is 33.6. The number of primary sulfonamides is 1. The molecule has 1 heterocycles. The minimum absolute atomic E-state index is 0.0874. The molecule has 244 valence electrons. The summed E-state index contributed by atoms with van der Waals surface area (Å²) in [6.45, 7) is 12.2. The summed E-state index contributed by atoms with van der Waals surface area (Å²) < 4.78 is 30.0. The fourth-order valence-corrected chi connectivity index (χ4v) is 6.62. The summed E-state index contributed by atoms with van der Waals surface area (Å²) in [5.41, 5.74) is 3.25. The van der Waals surface area contributed by atoms with Gasteiger partial charge in [-0.25, -0.2) is 23.8 Å². The van der Waals surface area contributed by atoms with Gasteiger partial charge in [-0.2, -0.15) is 5.10 Å². The molecule has 1 amide bonds. The highest BCUT2D eigenvalue weighted by molar-refractivity contribution is 7.89. The van der Waals surface area contributed by atoms with Crippen molar-refractivity contribution in [3.63, 3.8) is 0 Å². The third kappa shape index (κ3) is 8.28. The third-order valence-corrected chi connectivity index (χ3v) is 8.67. The van der Waals surface area contributed by atoms with E-state index in [2.05, 4.69) is 43.1 Å². The number of nitrogens with two attached hydrogens (primary N) is 1. The molecule has 0 aliphatic carbocycles. The number of hydrogen-bond acceptors (Lipinski definition) is 8. The lowest BCUT2D eigenvalue weighted by molar-refractivity contribution is 0.0951. The number of carbonyl (C=O) groups is 1. The standard InChI is InChI=1S/C35H42N4O6S/c1-22(2)19-39(20-23(3)4)21-28(24(5)37-38-34(41)27-16-10-12-18-30(27)46(36,43)44)31(25-13-7-6-8-14-25)32-33(40)26-15-9-11-17-29(26)45-35(32)42/h6-18,22-23,28,31,40H,19-21H2,1-5H3,(H,38,41)(H2,36,43,44)/b37-24-/t28-,31+/m0/s1. The van der Waals surface area contributed by atoms with Crippen LogP contribution in [0, 0.1) is 17.8 Å². The van der Waals surface area contributed by atoms with Crippen molar-refractivity contribution in [1.82, 2.24) is 10.3 Å². The van der Waals surface area contributed by atoms with E-state index in [1.165, 1.54) is 24.3 Å². The van der Waals surface area contributed by atoms with E-state index in [1.807, 2.05) is 30.3 Å². The number of nitrogens with zero attached hydrogens (tertiary/aromatic N) is 2. The molecular weight excluding hydrogens is 604 g/mol. The molecule has 0 saturated carbocycles. The van der Waals surface area contributed by atoms with Crippen LogP contribution in [-0.4, -0.2) is 49.7 Å². The Hall–Kier alpha value is -4.32. The van der Waals surface area contributed by atoms with Crippen LogP contribution in [0.4, 0.5) is 0 Å². The number of benzene rings is 3. The number of sulfonamides is 1. The summed E-state index contributed by atoms with van der Waals surface area (Å²) in [5.74, 6) is -1.53. The number of para-hydroxylation sites is 1. The van der Waals surface area contributed by atoms with Gasteiger partial charge in [0.05, 0.1) is 21.4 Å². The van der Waals surface area contributed by atoms with Crippen LogP contribution in [0.25, 0.3) is 11.0 Å². The van der Waals surface area contributed by atoms with Crippen molar-refractivity contribution in [3.05, 3.63) is 106 Å². The smallest absolute Gasteiger partial charge is 0.343 e. The summed E-state index contributed by atoms with van der Waals surface area (Å²) in [6.07, 6.45) is 0. The SMILES string of the molecule is C/C(=N/NC(=O)c1ccccc1S(N)(=O)=O)[C@H](CN(CC(C)C)CC(C)C)[C@@H](c1ccccc1)c1c(O)c2ccccc2oc1=O. The van der Waals surface area contributed by atoms with Crippen molar-refractivity contribution in [2.75, 3.05) is 19.6 Å². The number of hydrazone groups is 1. The summed E-state index contributed by atoms with van der Waals surface area (Å²) in [5, 5.41) is 21.9. The van der Waals surface area contributed by atoms with Crippen LogP contribution in [0.2, 0.25) is 0 Å². The fraction of sp³-hybridized carbons (Fsp3) is 0.343. The maximum Gasteiger partial charge on any atom is 0.343 e. The van der Waals surface area contributed by atoms with Crippen LogP contribution < -0.4 is 16.2 Å². The molecule has 0 radical (unpaired) electrons. The van der Waals surface area contributed by atoms with Crippen LogP contribution in [0.5, 0.6) is 5.75 Å². The molecule has 4 N–H and O–H groups in total. The van der Waals surface area contributed by atoms with Gasteiger partial charge in [-0.1, -0.05) is 82.3 Å². The molecule has 2 atom stereocenters. The van der Waals surface area contributed by atoms with E-state index >= 15 is 0 Å².